The van der Waals surface area contributed by atoms with E-state index in [1.54, 1.807) is 24.3 Å². The fraction of sp³-hybridized carbons (Fsp3) is 0.115. The van der Waals surface area contributed by atoms with Gasteiger partial charge in [0.2, 0.25) is 0 Å². The topological polar surface area (TPSA) is 74.5 Å². The van der Waals surface area contributed by atoms with Crippen molar-refractivity contribution < 1.29 is 14.6 Å². The van der Waals surface area contributed by atoms with E-state index in [0.29, 0.717) is 16.5 Å². The number of methoxy groups -OCH3 is 1. The van der Waals surface area contributed by atoms with E-state index in [9.17, 15) is 9.90 Å². The number of carbonyl (C=O) groups is 1. The number of phenols is 1. The van der Waals surface area contributed by atoms with Gasteiger partial charge in [-0.3, -0.25) is 4.79 Å². The molecule has 1 amide bonds. The molecule has 0 aliphatic carbocycles. The second-order valence-corrected chi connectivity index (χ2v) is 9.69. The summed E-state index contributed by atoms with van der Waals surface area (Å²) >= 11 is 4.72. The summed E-state index contributed by atoms with van der Waals surface area (Å²) in [5.74, 6) is 0.650. The fourth-order valence-electron chi connectivity index (χ4n) is 3.86. The SMILES string of the molecule is COc1ccc(C2=NN(C3=NC(=O)/C(=C/c4ccc(Br)cc4)S3)C(c3ccccc3O)C2)cc1. The van der Waals surface area contributed by atoms with Crippen LogP contribution < -0.4 is 4.74 Å². The number of benzene rings is 3. The van der Waals surface area contributed by atoms with Crippen LogP contribution in [0.25, 0.3) is 6.08 Å². The second kappa shape index (κ2) is 9.48. The molecule has 0 bridgehead atoms. The molecule has 0 spiro atoms. The Hall–Kier alpha value is -3.36. The van der Waals surface area contributed by atoms with Gasteiger partial charge in [0, 0.05) is 16.5 Å². The van der Waals surface area contributed by atoms with E-state index in [2.05, 4.69) is 20.9 Å². The predicted molar refractivity (Wildman–Crippen MR) is 139 cm³/mol. The van der Waals surface area contributed by atoms with Gasteiger partial charge in [-0.05, 0) is 71.4 Å². The molecule has 170 valence electrons. The van der Waals surface area contributed by atoms with Crippen LogP contribution >= 0.6 is 27.7 Å². The second-order valence-electron chi connectivity index (χ2n) is 7.76. The zero-order valence-electron chi connectivity index (χ0n) is 18.2. The highest BCUT2D eigenvalue weighted by atomic mass is 79.9. The van der Waals surface area contributed by atoms with E-state index in [0.717, 1.165) is 32.6 Å². The first-order chi connectivity index (χ1) is 16.5. The van der Waals surface area contributed by atoms with E-state index in [-0.39, 0.29) is 17.7 Å². The van der Waals surface area contributed by atoms with Gasteiger partial charge in [-0.1, -0.05) is 46.3 Å². The minimum atomic E-state index is -0.299. The lowest BCUT2D eigenvalue weighted by Gasteiger charge is -2.23. The third-order valence-corrected chi connectivity index (χ3v) is 7.10. The summed E-state index contributed by atoms with van der Waals surface area (Å²) in [6.45, 7) is 0. The minimum absolute atomic E-state index is 0.184. The van der Waals surface area contributed by atoms with Crippen LogP contribution in [0.5, 0.6) is 11.5 Å². The van der Waals surface area contributed by atoms with E-state index in [1.165, 1.54) is 11.8 Å². The average Bonchev–Trinajstić information content (AvgIpc) is 3.45. The number of ether oxygens (including phenoxy) is 1. The zero-order chi connectivity index (χ0) is 23.7. The largest absolute Gasteiger partial charge is 0.508 e. The Morgan fingerprint density at radius 2 is 1.82 bits per heavy atom. The van der Waals surface area contributed by atoms with Crippen LogP contribution in [0, 0.1) is 0 Å². The maximum atomic E-state index is 12.7. The molecular weight excluding hydrogens is 514 g/mol. The van der Waals surface area contributed by atoms with Gasteiger partial charge < -0.3 is 9.84 Å². The number of hydrazone groups is 1. The van der Waals surface area contributed by atoms with Crippen LogP contribution in [0.4, 0.5) is 0 Å². The molecule has 0 radical (unpaired) electrons. The third kappa shape index (κ3) is 4.51. The first-order valence-electron chi connectivity index (χ1n) is 10.6. The van der Waals surface area contributed by atoms with Gasteiger partial charge in [0.1, 0.15) is 11.5 Å². The molecule has 0 saturated carbocycles. The smallest absolute Gasteiger partial charge is 0.286 e. The van der Waals surface area contributed by atoms with Gasteiger partial charge in [0.05, 0.1) is 23.8 Å². The van der Waals surface area contributed by atoms with E-state index in [4.69, 9.17) is 9.84 Å². The average molecular weight is 534 g/mol. The monoisotopic (exact) mass is 533 g/mol. The quantitative estimate of drug-likeness (QED) is 0.417. The van der Waals surface area contributed by atoms with Crippen molar-refractivity contribution in [1.29, 1.82) is 0 Å². The number of thioether (sulfide) groups is 1. The zero-order valence-corrected chi connectivity index (χ0v) is 20.6. The van der Waals surface area contributed by atoms with Crippen molar-refractivity contribution in [3.05, 3.63) is 98.9 Å². The van der Waals surface area contributed by atoms with E-state index < -0.39 is 0 Å². The molecule has 8 heteroatoms. The molecule has 2 aliphatic heterocycles. The Kier molecular flexibility index (Phi) is 6.26. The van der Waals surface area contributed by atoms with Gasteiger partial charge in [-0.15, -0.1) is 0 Å². The number of rotatable bonds is 4. The summed E-state index contributed by atoms with van der Waals surface area (Å²) in [5, 5.41) is 17.6. The molecule has 34 heavy (non-hydrogen) atoms. The Morgan fingerprint density at radius 1 is 1.09 bits per heavy atom. The maximum Gasteiger partial charge on any atom is 0.286 e. The summed E-state index contributed by atoms with van der Waals surface area (Å²) in [5.41, 5.74) is 3.44. The number of aliphatic imine (C=N–C) groups is 1. The Balaban J connectivity index is 1.48. The number of amides is 1. The molecule has 2 heterocycles. The number of carbonyl (C=O) groups excluding carboxylic acids is 1. The van der Waals surface area contributed by atoms with Crippen LogP contribution in [0.15, 0.2) is 92.3 Å². The van der Waals surface area contributed by atoms with Crippen LogP contribution in [-0.2, 0) is 4.79 Å². The number of aromatic hydroxyl groups is 1. The molecule has 6 nitrogen and oxygen atoms in total. The molecule has 3 aromatic carbocycles. The molecule has 1 unspecified atom stereocenters. The van der Waals surface area contributed by atoms with Gasteiger partial charge in [-0.2, -0.15) is 10.1 Å². The van der Waals surface area contributed by atoms with Crippen molar-refractivity contribution in [2.75, 3.05) is 7.11 Å². The highest BCUT2D eigenvalue weighted by Gasteiger charge is 2.37. The maximum absolute atomic E-state index is 12.7. The lowest BCUT2D eigenvalue weighted by Crippen LogP contribution is -2.23. The summed E-state index contributed by atoms with van der Waals surface area (Å²) < 4.78 is 6.24. The van der Waals surface area contributed by atoms with Crippen LogP contribution in [-0.4, -0.2) is 34.0 Å². The van der Waals surface area contributed by atoms with Crippen LogP contribution in [0.3, 0.4) is 0 Å². The molecule has 1 atom stereocenters. The molecular formula is C26H20BrN3O3S. The van der Waals surface area contributed by atoms with Crippen LogP contribution in [0.1, 0.15) is 29.2 Å². The number of hydrogen-bond acceptors (Lipinski definition) is 6. The normalized spacial score (nSPS) is 18.9. The predicted octanol–water partition coefficient (Wildman–Crippen LogP) is 5.98. The summed E-state index contributed by atoms with van der Waals surface area (Å²) in [6, 6.07) is 22.3. The number of phenolic OH excluding ortho intramolecular Hbond substituents is 1. The molecule has 0 saturated heterocycles. The van der Waals surface area contributed by atoms with Crippen LogP contribution in [0.2, 0.25) is 0 Å². The lowest BCUT2D eigenvalue weighted by atomic mass is 9.98. The molecule has 1 N–H and O–H groups in total. The van der Waals surface area contributed by atoms with Gasteiger partial charge in [0.15, 0.2) is 5.17 Å². The van der Waals surface area contributed by atoms with E-state index in [1.807, 2.05) is 66.7 Å². The summed E-state index contributed by atoms with van der Waals surface area (Å²) in [6.07, 6.45) is 2.39. The number of nitrogens with zero attached hydrogens (tertiary/aromatic N) is 3. The highest BCUT2D eigenvalue weighted by Crippen LogP contribution is 2.41. The van der Waals surface area contributed by atoms with Gasteiger partial charge in [-0.25, -0.2) is 5.01 Å². The Labute approximate surface area is 209 Å². The first kappa shape index (κ1) is 22.4. The highest BCUT2D eigenvalue weighted by molar-refractivity contribution is 9.10. The Morgan fingerprint density at radius 3 is 2.53 bits per heavy atom. The van der Waals surface area contributed by atoms with Crippen molar-refractivity contribution in [2.24, 2.45) is 10.1 Å². The third-order valence-electron chi connectivity index (χ3n) is 5.60. The van der Waals surface area contributed by atoms with Crippen molar-refractivity contribution in [3.8, 4) is 11.5 Å². The number of amidine groups is 1. The van der Waals surface area contributed by atoms with Crippen molar-refractivity contribution >= 4 is 50.6 Å². The van der Waals surface area contributed by atoms with Crippen molar-refractivity contribution in [1.82, 2.24) is 5.01 Å². The standard InChI is InChI=1S/C26H20BrN3O3S/c1-33-19-12-8-17(9-13-19)21-15-22(20-4-2-3-5-23(20)31)30(29-21)26-28-25(32)24(34-26)14-16-6-10-18(27)11-7-16/h2-14,22,31H,15H2,1H3/b24-14-. The van der Waals surface area contributed by atoms with Gasteiger partial charge in [0.25, 0.3) is 5.91 Å². The number of para-hydroxylation sites is 1. The first-order valence-corrected chi connectivity index (χ1v) is 12.2. The summed E-state index contributed by atoms with van der Waals surface area (Å²) in [4.78, 5) is 17.6. The minimum Gasteiger partial charge on any atom is -0.508 e. The fourth-order valence-corrected chi connectivity index (χ4v) is 5.04. The molecule has 3 aromatic rings. The molecule has 2 aliphatic rings. The number of hydrogen-bond donors (Lipinski definition) is 1. The van der Waals surface area contributed by atoms with Gasteiger partial charge >= 0.3 is 0 Å². The lowest BCUT2D eigenvalue weighted by molar-refractivity contribution is -0.113. The molecule has 5 rings (SSSR count). The van der Waals surface area contributed by atoms with E-state index >= 15 is 0 Å². The number of halogens is 1. The molecule has 0 aromatic heterocycles. The van der Waals surface area contributed by atoms with Crippen molar-refractivity contribution in [2.45, 2.75) is 12.5 Å². The Bertz CT molecular complexity index is 1330. The van der Waals surface area contributed by atoms with Crippen molar-refractivity contribution in [3.63, 3.8) is 0 Å². The molecule has 0 fully saturated rings. The summed E-state index contributed by atoms with van der Waals surface area (Å²) in [7, 11) is 1.63.